The molecule has 18 heteroatoms. The minimum Gasteiger partial charge on any atom is -0.487 e. The second-order valence-electron chi connectivity index (χ2n) is 17.6. The maximum absolute atomic E-state index is 14.5. The van der Waals surface area contributed by atoms with Crippen LogP contribution in [-0.2, 0) is 34.3 Å². The highest BCUT2D eigenvalue weighted by molar-refractivity contribution is 5.97. The molecule has 8 rings (SSSR count). The maximum atomic E-state index is 14.5. The molecule has 0 radical (unpaired) electrons. The zero-order chi connectivity index (χ0) is 53.7. The van der Waals surface area contributed by atoms with Gasteiger partial charge in [-0.05, 0) is 96.7 Å². The molecule has 0 fully saturated rings. The summed E-state index contributed by atoms with van der Waals surface area (Å²) >= 11 is 0. The van der Waals surface area contributed by atoms with Crippen molar-refractivity contribution in [3.63, 3.8) is 0 Å². The molecule has 6 aromatic carbocycles. The smallest absolute Gasteiger partial charge is 0.336 e. The molecule has 2 aromatic heterocycles. The third-order valence-electron chi connectivity index (χ3n) is 12.2. The van der Waals surface area contributed by atoms with E-state index in [9.17, 15) is 47.0 Å². The van der Waals surface area contributed by atoms with Gasteiger partial charge in [-0.3, -0.25) is 9.59 Å². The fraction of sp³-hybridized carbons (Fsp3) is 0.207. The first-order valence-electron chi connectivity index (χ1n) is 24.1. The van der Waals surface area contributed by atoms with E-state index >= 15 is 0 Å². The second kappa shape index (κ2) is 24.7. The number of H-pyrrole nitrogens is 2. The van der Waals surface area contributed by atoms with Crippen molar-refractivity contribution < 1.29 is 56.3 Å². The van der Waals surface area contributed by atoms with Gasteiger partial charge < -0.3 is 49.8 Å². The number of hydrogen-bond acceptors (Lipinski definition) is 12. The van der Waals surface area contributed by atoms with Crippen LogP contribution < -0.4 is 40.7 Å². The van der Waals surface area contributed by atoms with Crippen molar-refractivity contribution in [3.8, 4) is 23.0 Å². The number of alkyl halides is 4. The Kier molecular flexibility index (Phi) is 17.5. The van der Waals surface area contributed by atoms with Crippen molar-refractivity contribution in [2.24, 2.45) is 0 Å². The van der Waals surface area contributed by atoms with Gasteiger partial charge in [0.15, 0.2) is 24.7 Å². The molecule has 0 spiro atoms. The van der Waals surface area contributed by atoms with Crippen LogP contribution in [0.5, 0.6) is 23.0 Å². The Bertz CT molecular complexity index is 3190. The molecule has 392 valence electrons. The molecule has 76 heavy (non-hydrogen) atoms. The first-order chi connectivity index (χ1) is 36.6. The Labute approximate surface area is 432 Å². The van der Waals surface area contributed by atoms with Crippen molar-refractivity contribution in [3.05, 3.63) is 224 Å². The monoisotopic (exact) mass is 1040 g/mol. The van der Waals surface area contributed by atoms with Crippen molar-refractivity contribution in [2.45, 2.75) is 36.9 Å². The van der Waals surface area contributed by atoms with Gasteiger partial charge in [0.2, 0.25) is 11.1 Å². The van der Waals surface area contributed by atoms with E-state index in [0.717, 1.165) is 23.3 Å². The average molecular weight is 1040 g/mol. The van der Waals surface area contributed by atoms with Crippen LogP contribution in [0.25, 0.3) is 21.8 Å². The first-order valence-corrected chi connectivity index (χ1v) is 24.1. The lowest BCUT2D eigenvalue weighted by Gasteiger charge is -2.17. The van der Waals surface area contributed by atoms with Gasteiger partial charge in [-0.2, -0.15) is 17.6 Å². The van der Waals surface area contributed by atoms with Crippen molar-refractivity contribution in [1.82, 2.24) is 20.6 Å². The number of esters is 2. The van der Waals surface area contributed by atoms with Gasteiger partial charge in [-0.15, -0.1) is 0 Å². The van der Waals surface area contributed by atoms with E-state index in [-0.39, 0.29) is 46.7 Å². The summed E-state index contributed by atoms with van der Waals surface area (Å²) in [4.78, 5) is 56.1. The molecule has 0 aliphatic rings. The Balaban J connectivity index is 0.804. The normalized spacial score (nSPS) is 12.7. The van der Waals surface area contributed by atoms with Crippen molar-refractivity contribution >= 4 is 33.7 Å². The van der Waals surface area contributed by atoms with Gasteiger partial charge in [-0.25, -0.2) is 9.59 Å². The summed E-state index contributed by atoms with van der Waals surface area (Å²) in [7, 11) is 0. The lowest BCUT2D eigenvalue weighted by atomic mass is 10.0. The highest BCUT2D eigenvalue weighted by atomic mass is 19.3. The summed E-state index contributed by atoms with van der Waals surface area (Å²) in [6, 6.07) is 39.8. The van der Waals surface area contributed by atoms with E-state index in [2.05, 4.69) is 20.6 Å². The summed E-state index contributed by atoms with van der Waals surface area (Å²) in [6.07, 6.45) is 0.623. The molecule has 0 saturated carbocycles. The fourth-order valence-corrected chi connectivity index (χ4v) is 8.21. The van der Waals surface area contributed by atoms with Crippen LogP contribution in [0.3, 0.4) is 0 Å². The number of aliphatic hydroxyl groups is 2. The van der Waals surface area contributed by atoms with E-state index in [4.69, 9.17) is 18.9 Å². The maximum Gasteiger partial charge on any atom is 0.336 e. The number of nitrogens with one attached hydrogen (secondary N) is 4. The highest BCUT2D eigenvalue weighted by Gasteiger charge is 2.33. The number of ether oxygens (including phenoxy) is 4. The molecule has 2 atom stereocenters. The number of aliphatic hydroxyl groups excluding tert-OH is 2. The largest absolute Gasteiger partial charge is 0.487 e. The molecule has 0 amide bonds. The lowest BCUT2D eigenvalue weighted by Crippen LogP contribution is -2.24. The quantitative estimate of drug-likeness (QED) is 0.0111. The van der Waals surface area contributed by atoms with Gasteiger partial charge in [0.25, 0.3) is 0 Å². The fourth-order valence-electron chi connectivity index (χ4n) is 8.21. The van der Waals surface area contributed by atoms with Crippen LogP contribution in [0.4, 0.5) is 17.6 Å². The molecular weight excluding hydrogens is 989 g/mol. The number of pyridine rings is 2. The number of benzene rings is 6. The van der Waals surface area contributed by atoms with E-state index in [1.165, 1.54) is 72.8 Å². The zero-order valence-corrected chi connectivity index (χ0v) is 40.6. The third kappa shape index (κ3) is 14.2. The summed E-state index contributed by atoms with van der Waals surface area (Å²) in [5, 5.41) is 29.5. The second-order valence-corrected chi connectivity index (χ2v) is 17.6. The summed E-state index contributed by atoms with van der Waals surface area (Å²) in [5.41, 5.74) is 1.62. The number of aromatic nitrogens is 2. The van der Waals surface area contributed by atoms with Crippen LogP contribution in [0.1, 0.15) is 45.6 Å². The summed E-state index contributed by atoms with van der Waals surface area (Å²) in [6.45, 7) is -0.481. The minimum absolute atomic E-state index is 0.0609. The highest BCUT2D eigenvalue weighted by Crippen LogP contribution is 2.33. The zero-order valence-electron chi connectivity index (χ0n) is 40.6. The number of hydrogen-bond donors (Lipinski definition) is 6. The standard InChI is InChI=1S/C58H52F4N4O10/c59-57(60,39-7-3-1-4-8-39)35-73-41-15-11-37(12-16-41)29-31-63-33-47(67)43-19-23-49(55-45(43)21-25-51(69)65-55)75-53(71)27-28-54(72)76-50-24-20-44(46-22-26-52(70)66-56(46)50)48(68)34-64-32-30-38-13-17-42(18-14-38)74-36-58(61,62)40-9-5-2-6-10-40/h1-28,47-48,63-64,67-68H,29-36H2,(H,65,69)(H,66,70)/b28-27+/t47-,48-/m0/s1. The SMILES string of the molecule is O=C(/C=C/C(=O)Oc1ccc([C@@H](O)CNCCc2ccc(OCC(F)(F)c3ccccc3)cc2)c2ccc(=O)[nH]c12)Oc1ccc([C@@H](O)CNCCc2ccc(OCC(F)(F)c3ccccc3)cc2)c2ccc(=O)[nH]c12. The van der Waals surface area contributed by atoms with Gasteiger partial charge in [-0.1, -0.05) is 97.1 Å². The number of rotatable bonds is 24. The van der Waals surface area contributed by atoms with E-state index in [1.54, 1.807) is 84.9 Å². The van der Waals surface area contributed by atoms with Crippen molar-refractivity contribution in [2.75, 3.05) is 39.4 Å². The Morgan fingerprint density at radius 1 is 0.513 bits per heavy atom. The Morgan fingerprint density at radius 2 is 0.895 bits per heavy atom. The molecule has 8 aromatic rings. The Hall–Kier alpha value is -8.42. The van der Waals surface area contributed by atoms with Crippen molar-refractivity contribution in [1.29, 1.82) is 0 Å². The average Bonchev–Trinajstić information content (AvgIpc) is 3.43. The topological polar surface area (TPSA) is 201 Å². The third-order valence-corrected chi connectivity index (χ3v) is 12.2. The Morgan fingerprint density at radius 3 is 1.28 bits per heavy atom. The molecule has 6 N–H and O–H groups in total. The number of carbonyl (C=O) groups excluding carboxylic acids is 2. The van der Waals surface area contributed by atoms with Crippen LogP contribution in [-0.4, -0.2) is 71.5 Å². The van der Waals surface area contributed by atoms with Gasteiger partial charge in [0, 0.05) is 59.3 Å². The predicted molar refractivity (Wildman–Crippen MR) is 277 cm³/mol. The predicted octanol–water partition coefficient (Wildman–Crippen LogP) is 8.51. The number of fused-ring (bicyclic) bond motifs is 2. The van der Waals surface area contributed by atoms with Gasteiger partial charge >= 0.3 is 23.8 Å². The van der Waals surface area contributed by atoms with E-state index in [1.807, 2.05) is 0 Å². The number of aromatic amines is 2. The molecule has 0 aliphatic carbocycles. The van der Waals surface area contributed by atoms with Crippen LogP contribution in [0.2, 0.25) is 0 Å². The molecule has 0 unspecified atom stereocenters. The van der Waals surface area contributed by atoms with Crippen LogP contribution >= 0.6 is 0 Å². The lowest BCUT2D eigenvalue weighted by molar-refractivity contribution is -0.131. The molecule has 14 nitrogen and oxygen atoms in total. The van der Waals surface area contributed by atoms with Crippen LogP contribution in [0, 0.1) is 0 Å². The molecule has 0 bridgehead atoms. The molecular formula is C58H52F4N4O10. The molecule has 2 heterocycles. The van der Waals surface area contributed by atoms with Gasteiger partial charge in [0.05, 0.1) is 23.2 Å². The number of halogens is 4. The molecule has 0 saturated heterocycles. The number of carbonyl (C=O) groups is 2. The summed E-state index contributed by atoms with van der Waals surface area (Å²) in [5.74, 6) is -7.83. The summed E-state index contributed by atoms with van der Waals surface area (Å²) < 4.78 is 79.8. The van der Waals surface area contributed by atoms with E-state index in [0.29, 0.717) is 59.3 Å². The minimum atomic E-state index is -3.15. The van der Waals surface area contributed by atoms with E-state index < -0.39 is 60.3 Å². The van der Waals surface area contributed by atoms with Crippen LogP contribution in [0.15, 0.2) is 179 Å². The van der Waals surface area contributed by atoms with Gasteiger partial charge in [0.1, 0.15) is 11.5 Å². The molecule has 0 aliphatic heterocycles. The first kappa shape index (κ1) is 53.9.